The summed E-state index contributed by atoms with van der Waals surface area (Å²) < 4.78 is 0. The molecule has 5 heteroatoms. The fourth-order valence-electron chi connectivity index (χ4n) is 4.08. The number of piperidine rings is 2. The molecule has 2 heterocycles. The van der Waals surface area contributed by atoms with Gasteiger partial charge in [-0.15, -0.1) is 0 Å². The number of likely N-dealkylation sites (tertiary alicyclic amines) is 2. The van der Waals surface area contributed by atoms with E-state index in [0.717, 1.165) is 51.1 Å². The summed E-state index contributed by atoms with van der Waals surface area (Å²) in [5.41, 5.74) is 0.918. The Balaban J connectivity index is 1.46. The Labute approximate surface area is 156 Å². The maximum Gasteiger partial charge on any atom is 0.240 e. The van der Waals surface area contributed by atoms with E-state index in [0.29, 0.717) is 18.4 Å². The first kappa shape index (κ1) is 18.9. The number of hydrogen-bond acceptors (Lipinski definition) is 3. The van der Waals surface area contributed by atoms with Gasteiger partial charge in [0.05, 0.1) is 6.54 Å². The molecule has 5 nitrogen and oxygen atoms in total. The first-order chi connectivity index (χ1) is 12.5. The molecular formula is C21H31N3O2. The standard InChI is InChI=1S/C21H31N3O2/c1-17-7-6-12-24(15-17)21(26)18-10-13-23(14-11-18)16-20(25)22(2)19-8-4-3-5-9-19/h3-5,8-9,17-18H,6-7,10-16H2,1-2H3. The second kappa shape index (κ2) is 8.67. The highest BCUT2D eigenvalue weighted by atomic mass is 16.2. The predicted octanol–water partition coefficient (Wildman–Crippen LogP) is 2.62. The van der Waals surface area contributed by atoms with Crippen LogP contribution >= 0.6 is 0 Å². The van der Waals surface area contributed by atoms with Gasteiger partial charge in [0.2, 0.25) is 11.8 Å². The van der Waals surface area contributed by atoms with Crippen LogP contribution in [0.3, 0.4) is 0 Å². The van der Waals surface area contributed by atoms with Gasteiger partial charge in [0.15, 0.2) is 0 Å². The van der Waals surface area contributed by atoms with Gasteiger partial charge in [-0.25, -0.2) is 0 Å². The normalized spacial score (nSPS) is 22.2. The van der Waals surface area contributed by atoms with E-state index in [1.807, 2.05) is 37.4 Å². The predicted molar refractivity (Wildman–Crippen MR) is 104 cm³/mol. The van der Waals surface area contributed by atoms with Crippen molar-refractivity contribution in [1.82, 2.24) is 9.80 Å². The molecule has 2 aliphatic rings. The molecule has 0 bridgehead atoms. The molecule has 2 aliphatic heterocycles. The molecule has 2 fully saturated rings. The summed E-state index contributed by atoms with van der Waals surface area (Å²) in [4.78, 5) is 31.2. The minimum Gasteiger partial charge on any atom is -0.342 e. The van der Waals surface area contributed by atoms with Crippen molar-refractivity contribution >= 4 is 17.5 Å². The van der Waals surface area contributed by atoms with Gasteiger partial charge in [-0.3, -0.25) is 14.5 Å². The monoisotopic (exact) mass is 357 g/mol. The topological polar surface area (TPSA) is 43.9 Å². The Morgan fingerprint density at radius 3 is 2.42 bits per heavy atom. The number of likely N-dealkylation sites (N-methyl/N-ethyl adjacent to an activating group) is 1. The molecule has 0 radical (unpaired) electrons. The molecule has 3 rings (SSSR count). The van der Waals surface area contributed by atoms with Crippen molar-refractivity contribution in [2.45, 2.75) is 32.6 Å². The van der Waals surface area contributed by atoms with Crippen LogP contribution in [0.4, 0.5) is 5.69 Å². The zero-order valence-corrected chi connectivity index (χ0v) is 16.1. The van der Waals surface area contributed by atoms with Crippen molar-refractivity contribution in [2.24, 2.45) is 11.8 Å². The smallest absolute Gasteiger partial charge is 0.240 e. The van der Waals surface area contributed by atoms with Crippen LogP contribution in [0.2, 0.25) is 0 Å². The van der Waals surface area contributed by atoms with Gasteiger partial charge in [-0.05, 0) is 56.8 Å². The van der Waals surface area contributed by atoms with Gasteiger partial charge in [-0.2, -0.15) is 0 Å². The molecule has 142 valence electrons. The maximum atomic E-state index is 12.8. The van der Waals surface area contributed by atoms with Crippen molar-refractivity contribution in [3.63, 3.8) is 0 Å². The van der Waals surface area contributed by atoms with Gasteiger partial charge in [0, 0.05) is 31.7 Å². The number of carbonyl (C=O) groups is 2. The minimum absolute atomic E-state index is 0.103. The third-order valence-corrected chi connectivity index (χ3v) is 5.78. The third kappa shape index (κ3) is 4.64. The first-order valence-electron chi connectivity index (χ1n) is 9.87. The number of benzene rings is 1. The lowest BCUT2D eigenvalue weighted by Crippen LogP contribution is -2.47. The molecule has 0 spiro atoms. The molecule has 2 saturated heterocycles. The number of amides is 2. The maximum absolute atomic E-state index is 12.8. The minimum atomic E-state index is 0.103. The summed E-state index contributed by atoms with van der Waals surface area (Å²) in [6, 6.07) is 9.73. The summed E-state index contributed by atoms with van der Waals surface area (Å²) >= 11 is 0. The molecule has 26 heavy (non-hydrogen) atoms. The van der Waals surface area contributed by atoms with Crippen LogP contribution in [-0.4, -0.2) is 61.4 Å². The van der Waals surface area contributed by atoms with E-state index in [1.165, 1.54) is 6.42 Å². The quantitative estimate of drug-likeness (QED) is 0.832. The largest absolute Gasteiger partial charge is 0.342 e. The van der Waals surface area contributed by atoms with Crippen molar-refractivity contribution in [3.8, 4) is 0 Å². The fourth-order valence-corrected chi connectivity index (χ4v) is 4.08. The highest BCUT2D eigenvalue weighted by Crippen LogP contribution is 2.23. The Morgan fingerprint density at radius 2 is 1.77 bits per heavy atom. The van der Waals surface area contributed by atoms with E-state index in [9.17, 15) is 9.59 Å². The molecule has 0 aliphatic carbocycles. The van der Waals surface area contributed by atoms with Gasteiger partial charge in [0.1, 0.15) is 0 Å². The molecule has 0 saturated carbocycles. The van der Waals surface area contributed by atoms with Gasteiger partial charge >= 0.3 is 0 Å². The van der Waals surface area contributed by atoms with Crippen LogP contribution < -0.4 is 4.90 Å². The van der Waals surface area contributed by atoms with Crippen LogP contribution in [-0.2, 0) is 9.59 Å². The zero-order chi connectivity index (χ0) is 18.5. The second-order valence-electron chi connectivity index (χ2n) is 7.87. The molecule has 2 amide bonds. The first-order valence-corrected chi connectivity index (χ1v) is 9.87. The van der Waals surface area contributed by atoms with E-state index in [1.54, 1.807) is 4.90 Å². The molecule has 0 aromatic heterocycles. The Kier molecular flexibility index (Phi) is 6.30. The lowest BCUT2D eigenvalue weighted by Gasteiger charge is -2.37. The SMILES string of the molecule is CC1CCCN(C(=O)C2CCN(CC(=O)N(C)c3ccccc3)CC2)C1. The number of para-hydroxylation sites is 1. The molecule has 0 N–H and O–H groups in total. The van der Waals surface area contributed by atoms with Gasteiger partial charge < -0.3 is 9.80 Å². The highest BCUT2D eigenvalue weighted by Gasteiger charge is 2.31. The van der Waals surface area contributed by atoms with Crippen molar-refractivity contribution in [2.75, 3.05) is 44.7 Å². The van der Waals surface area contributed by atoms with Crippen LogP contribution in [0.5, 0.6) is 0 Å². The van der Waals surface area contributed by atoms with E-state index >= 15 is 0 Å². The Morgan fingerprint density at radius 1 is 1.08 bits per heavy atom. The second-order valence-corrected chi connectivity index (χ2v) is 7.87. The lowest BCUT2D eigenvalue weighted by atomic mass is 9.93. The van der Waals surface area contributed by atoms with E-state index in [2.05, 4.69) is 16.7 Å². The number of rotatable bonds is 4. The summed E-state index contributed by atoms with van der Waals surface area (Å²) in [6.45, 7) is 6.15. The third-order valence-electron chi connectivity index (χ3n) is 5.78. The number of hydrogen-bond donors (Lipinski definition) is 0. The van der Waals surface area contributed by atoms with Gasteiger partial charge in [0.25, 0.3) is 0 Å². The van der Waals surface area contributed by atoms with Crippen molar-refractivity contribution < 1.29 is 9.59 Å². The highest BCUT2D eigenvalue weighted by molar-refractivity contribution is 5.94. The average Bonchev–Trinajstić information content (AvgIpc) is 2.68. The molecule has 1 aromatic carbocycles. The summed E-state index contributed by atoms with van der Waals surface area (Å²) in [5.74, 6) is 1.20. The summed E-state index contributed by atoms with van der Waals surface area (Å²) in [7, 11) is 1.82. The number of nitrogens with zero attached hydrogens (tertiary/aromatic N) is 3. The lowest BCUT2D eigenvalue weighted by molar-refractivity contribution is -0.138. The zero-order valence-electron chi connectivity index (χ0n) is 16.1. The van der Waals surface area contributed by atoms with Gasteiger partial charge in [-0.1, -0.05) is 25.1 Å². The number of carbonyl (C=O) groups excluding carboxylic acids is 2. The van der Waals surface area contributed by atoms with Crippen LogP contribution in [0.15, 0.2) is 30.3 Å². The van der Waals surface area contributed by atoms with E-state index in [4.69, 9.17) is 0 Å². The Bertz CT molecular complexity index is 611. The molecule has 1 unspecified atom stereocenters. The van der Waals surface area contributed by atoms with Crippen molar-refractivity contribution in [1.29, 1.82) is 0 Å². The fraction of sp³-hybridized carbons (Fsp3) is 0.619. The van der Waals surface area contributed by atoms with E-state index in [-0.39, 0.29) is 11.8 Å². The number of anilines is 1. The Hall–Kier alpha value is -1.88. The average molecular weight is 357 g/mol. The van der Waals surface area contributed by atoms with Crippen LogP contribution in [0.1, 0.15) is 32.6 Å². The molecule has 1 atom stereocenters. The summed E-state index contributed by atoms with van der Waals surface area (Å²) in [5, 5.41) is 0. The summed E-state index contributed by atoms with van der Waals surface area (Å²) in [6.07, 6.45) is 4.10. The van der Waals surface area contributed by atoms with Crippen LogP contribution in [0, 0.1) is 11.8 Å². The molecular weight excluding hydrogens is 326 g/mol. The van der Waals surface area contributed by atoms with Crippen molar-refractivity contribution in [3.05, 3.63) is 30.3 Å². The molecule has 1 aromatic rings. The van der Waals surface area contributed by atoms with Crippen LogP contribution in [0.25, 0.3) is 0 Å². The van der Waals surface area contributed by atoms with E-state index < -0.39 is 0 Å².